The predicted octanol–water partition coefficient (Wildman–Crippen LogP) is 2.28. The maximum absolute atomic E-state index is 9.71. The normalized spacial score (nSPS) is 19.1. The van der Waals surface area contributed by atoms with Crippen LogP contribution in [0.1, 0.15) is 47.5 Å². The summed E-state index contributed by atoms with van der Waals surface area (Å²) in [6, 6.07) is 0. The van der Waals surface area contributed by atoms with Crippen LogP contribution in [-0.4, -0.2) is 48.0 Å². The Morgan fingerprint density at radius 1 is 1.19 bits per heavy atom. The van der Waals surface area contributed by atoms with Crippen LogP contribution >= 0.6 is 0 Å². The molecule has 0 aromatic heterocycles. The molecule has 0 bridgehead atoms. The lowest BCUT2D eigenvalue weighted by Crippen LogP contribution is -2.35. The molecule has 1 heterocycles. The standard InChI is InChI=1S/C11H23NO2.C2H6/c1-11(2,3)14-9-10(13)8-12-6-4-5-7-12;1-2/h10,13H,4-9H2,1-3H3;1-2H3. The Hall–Kier alpha value is -0.120. The summed E-state index contributed by atoms with van der Waals surface area (Å²) in [5, 5.41) is 9.71. The SMILES string of the molecule is CC.CC(C)(C)OCC(O)CN1CCCC1. The van der Waals surface area contributed by atoms with Gasteiger partial charge in [0.05, 0.1) is 18.3 Å². The average Bonchev–Trinajstić information content (AvgIpc) is 2.70. The second-order valence-electron chi connectivity index (χ2n) is 5.08. The van der Waals surface area contributed by atoms with Gasteiger partial charge in [0.2, 0.25) is 0 Å². The summed E-state index contributed by atoms with van der Waals surface area (Å²) < 4.78 is 5.52. The quantitative estimate of drug-likeness (QED) is 0.806. The van der Waals surface area contributed by atoms with Gasteiger partial charge in [0.15, 0.2) is 0 Å². The molecule has 16 heavy (non-hydrogen) atoms. The molecule has 1 N–H and O–H groups in total. The molecule has 0 aromatic rings. The molecule has 1 saturated heterocycles. The number of aliphatic hydroxyl groups is 1. The third-order valence-corrected chi connectivity index (χ3v) is 2.38. The van der Waals surface area contributed by atoms with Crippen LogP contribution in [0.2, 0.25) is 0 Å². The van der Waals surface area contributed by atoms with Gasteiger partial charge in [0.25, 0.3) is 0 Å². The molecule has 0 aliphatic carbocycles. The molecule has 0 radical (unpaired) electrons. The number of nitrogens with zero attached hydrogens (tertiary/aromatic N) is 1. The molecule has 0 aromatic carbocycles. The second-order valence-corrected chi connectivity index (χ2v) is 5.08. The second kappa shape index (κ2) is 8.04. The molecule has 0 saturated carbocycles. The van der Waals surface area contributed by atoms with Gasteiger partial charge in [-0.2, -0.15) is 0 Å². The van der Waals surface area contributed by atoms with E-state index in [9.17, 15) is 5.11 Å². The third-order valence-electron chi connectivity index (χ3n) is 2.38. The van der Waals surface area contributed by atoms with Crippen molar-refractivity contribution < 1.29 is 9.84 Å². The number of rotatable bonds is 4. The maximum atomic E-state index is 9.71. The Kier molecular flexibility index (Phi) is 7.98. The van der Waals surface area contributed by atoms with Crippen molar-refractivity contribution in [2.75, 3.05) is 26.2 Å². The fraction of sp³-hybridized carbons (Fsp3) is 1.00. The molecule has 3 nitrogen and oxygen atoms in total. The van der Waals surface area contributed by atoms with Crippen LogP contribution in [0.25, 0.3) is 0 Å². The van der Waals surface area contributed by atoms with E-state index >= 15 is 0 Å². The fourth-order valence-electron chi connectivity index (χ4n) is 1.66. The van der Waals surface area contributed by atoms with E-state index in [0.29, 0.717) is 6.61 Å². The van der Waals surface area contributed by atoms with Crippen LogP contribution in [0.5, 0.6) is 0 Å². The summed E-state index contributed by atoms with van der Waals surface area (Å²) in [7, 11) is 0. The lowest BCUT2D eigenvalue weighted by Gasteiger charge is -2.24. The Balaban J connectivity index is 0.00000106. The van der Waals surface area contributed by atoms with Crippen molar-refractivity contribution >= 4 is 0 Å². The van der Waals surface area contributed by atoms with Crippen LogP contribution < -0.4 is 0 Å². The molecular formula is C13H29NO2. The van der Waals surface area contributed by atoms with E-state index in [2.05, 4.69) is 4.90 Å². The summed E-state index contributed by atoms with van der Waals surface area (Å²) in [5.74, 6) is 0. The average molecular weight is 231 g/mol. The minimum Gasteiger partial charge on any atom is -0.389 e. The van der Waals surface area contributed by atoms with Crippen molar-refractivity contribution in [3.63, 3.8) is 0 Å². The van der Waals surface area contributed by atoms with Gasteiger partial charge < -0.3 is 14.7 Å². The summed E-state index contributed by atoms with van der Waals surface area (Å²) in [5.41, 5.74) is -0.147. The number of aliphatic hydroxyl groups excluding tert-OH is 1. The Morgan fingerprint density at radius 2 is 1.69 bits per heavy atom. The molecule has 1 fully saturated rings. The Bertz CT molecular complexity index is 160. The van der Waals surface area contributed by atoms with E-state index in [1.54, 1.807) is 0 Å². The zero-order valence-electron chi connectivity index (χ0n) is 11.6. The molecular weight excluding hydrogens is 202 g/mol. The van der Waals surface area contributed by atoms with Gasteiger partial charge in [-0.25, -0.2) is 0 Å². The van der Waals surface area contributed by atoms with E-state index in [1.165, 1.54) is 12.8 Å². The van der Waals surface area contributed by atoms with E-state index in [-0.39, 0.29) is 11.7 Å². The number of ether oxygens (including phenoxy) is 1. The minimum atomic E-state index is -0.340. The predicted molar refractivity (Wildman–Crippen MR) is 68.7 cm³/mol. The third kappa shape index (κ3) is 8.08. The van der Waals surface area contributed by atoms with Crippen molar-refractivity contribution in [1.29, 1.82) is 0 Å². The highest BCUT2D eigenvalue weighted by Crippen LogP contribution is 2.10. The summed E-state index contributed by atoms with van der Waals surface area (Å²) in [4.78, 5) is 2.30. The van der Waals surface area contributed by atoms with Crippen molar-refractivity contribution in [1.82, 2.24) is 4.90 Å². The van der Waals surface area contributed by atoms with Crippen LogP contribution in [-0.2, 0) is 4.74 Å². The first-order chi connectivity index (χ1) is 7.47. The van der Waals surface area contributed by atoms with Crippen LogP contribution in [0.15, 0.2) is 0 Å². The molecule has 1 rings (SSSR count). The molecule has 1 unspecified atom stereocenters. The number of hydrogen-bond acceptors (Lipinski definition) is 3. The molecule has 3 heteroatoms. The topological polar surface area (TPSA) is 32.7 Å². The number of β-amino-alcohol motifs (C(OH)–C–C–N with tert-alkyl or cyclic N) is 1. The summed E-state index contributed by atoms with van der Waals surface area (Å²) in [6.07, 6.45) is 2.20. The molecule has 0 spiro atoms. The minimum absolute atomic E-state index is 0.147. The lowest BCUT2D eigenvalue weighted by molar-refractivity contribution is -0.0547. The summed E-state index contributed by atoms with van der Waals surface area (Å²) in [6.45, 7) is 13.5. The molecule has 0 amide bonds. The van der Waals surface area contributed by atoms with E-state index in [4.69, 9.17) is 4.74 Å². The molecule has 1 aliphatic rings. The van der Waals surface area contributed by atoms with Gasteiger partial charge in [-0.1, -0.05) is 13.8 Å². The van der Waals surface area contributed by atoms with Crippen molar-refractivity contribution in [2.24, 2.45) is 0 Å². The number of hydrogen-bond donors (Lipinski definition) is 1. The first-order valence-electron chi connectivity index (χ1n) is 6.52. The first-order valence-corrected chi connectivity index (χ1v) is 6.52. The zero-order chi connectivity index (χ0) is 12.6. The van der Waals surface area contributed by atoms with E-state index < -0.39 is 0 Å². The van der Waals surface area contributed by atoms with Crippen LogP contribution in [0, 0.1) is 0 Å². The van der Waals surface area contributed by atoms with Gasteiger partial charge in [0, 0.05) is 6.54 Å². The van der Waals surface area contributed by atoms with Crippen LogP contribution in [0.4, 0.5) is 0 Å². The first kappa shape index (κ1) is 15.9. The fourth-order valence-corrected chi connectivity index (χ4v) is 1.66. The van der Waals surface area contributed by atoms with Crippen molar-refractivity contribution in [3.8, 4) is 0 Å². The molecule has 1 atom stereocenters. The highest BCUT2D eigenvalue weighted by molar-refractivity contribution is 4.71. The van der Waals surface area contributed by atoms with Crippen LogP contribution in [0.3, 0.4) is 0 Å². The molecule has 98 valence electrons. The van der Waals surface area contributed by atoms with Gasteiger partial charge in [0.1, 0.15) is 0 Å². The monoisotopic (exact) mass is 231 g/mol. The largest absolute Gasteiger partial charge is 0.389 e. The van der Waals surface area contributed by atoms with E-state index in [0.717, 1.165) is 19.6 Å². The van der Waals surface area contributed by atoms with Gasteiger partial charge >= 0.3 is 0 Å². The summed E-state index contributed by atoms with van der Waals surface area (Å²) >= 11 is 0. The van der Waals surface area contributed by atoms with Gasteiger partial charge in [-0.15, -0.1) is 0 Å². The smallest absolute Gasteiger partial charge is 0.0900 e. The van der Waals surface area contributed by atoms with E-state index in [1.807, 2.05) is 34.6 Å². The number of likely N-dealkylation sites (tertiary alicyclic amines) is 1. The van der Waals surface area contributed by atoms with Crippen molar-refractivity contribution in [2.45, 2.75) is 59.2 Å². The zero-order valence-corrected chi connectivity index (χ0v) is 11.6. The highest BCUT2D eigenvalue weighted by atomic mass is 16.5. The highest BCUT2D eigenvalue weighted by Gasteiger charge is 2.18. The Labute approximate surface area is 101 Å². The van der Waals surface area contributed by atoms with Gasteiger partial charge in [-0.3, -0.25) is 0 Å². The van der Waals surface area contributed by atoms with Gasteiger partial charge in [-0.05, 0) is 46.7 Å². The Morgan fingerprint density at radius 3 is 2.12 bits per heavy atom. The van der Waals surface area contributed by atoms with Crippen molar-refractivity contribution in [3.05, 3.63) is 0 Å². The lowest BCUT2D eigenvalue weighted by atomic mass is 10.2. The maximum Gasteiger partial charge on any atom is 0.0900 e. The molecule has 1 aliphatic heterocycles.